The molecule has 0 radical (unpaired) electrons. The van der Waals surface area contributed by atoms with E-state index < -0.39 is 12.0 Å². The van der Waals surface area contributed by atoms with E-state index in [1.54, 1.807) is 18.1 Å². The zero-order valence-electron chi connectivity index (χ0n) is 17.8. The summed E-state index contributed by atoms with van der Waals surface area (Å²) in [6, 6.07) is 4.83. The number of thiophene rings is 1. The molecule has 0 saturated carbocycles. The molecule has 1 saturated heterocycles. The summed E-state index contributed by atoms with van der Waals surface area (Å²) in [4.78, 5) is 40.1. The smallest absolute Gasteiger partial charge is 0.329 e. The predicted molar refractivity (Wildman–Crippen MR) is 114 cm³/mol. The van der Waals surface area contributed by atoms with Gasteiger partial charge in [-0.2, -0.15) is 0 Å². The molecular weight excluding hydrogens is 404 g/mol. The van der Waals surface area contributed by atoms with Crippen LogP contribution < -0.4 is 0 Å². The molecule has 1 aliphatic rings. The number of Topliss-reactive ketones (excluding diaryl/α,β-unsaturated/α-hetero) is 1. The molecule has 3 rings (SSSR count). The third-order valence-electron chi connectivity index (χ3n) is 5.50. The quantitative estimate of drug-likeness (QED) is 0.472. The fraction of sp³-hybridized carbons (Fsp3) is 0.500. The van der Waals surface area contributed by atoms with E-state index in [0.29, 0.717) is 30.0 Å². The van der Waals surface area contributed by atoms with Crippen molar-refractivity contribution in [1.82, 2.24) is 9.47 Å². The number of esters is 1. The lowest BCUT2D eigenvalue weighted by Gasteiger charge is -2.22. The third-order valence-corrected chi connectivity index (χ3v) is 6.35. The van der Waals surface area contributed by atoms with Crippen LogP contribution >= 0.6 is 11.3 Å². The van der Waals surface area contributed by atoms with Crippen LogP contribution in [0.1, 0.15) is 57.2 Å². The zero-order chi connectivity index (χ0) is 21.8. The van der Waals surface area contributed by atoms with Crippen LogP contribution in [0.2, 0.25) is 0 Å². The number of carbonyl (C=O) groups excluding carboxylic acids is 3. The first-order valence-electron chi connectivity index (χ1n) is 10.1. The number of ketones is 1. The van der Waals surface area contributed by atoms with Crippen LogP contribution in [0, 0.1) is 13.8 Å². The molecule has 7 nitrogen and oxygen atoms in total. The van der Waals surface area contributed by atoms with E-state index in [0.717, 1.165) is 17.8 Å². The minimum atomic E-state index is -0.637. The van der Waals surface area contributed by atoms with Gasteiger partial charge in [0.05, 0.1) is 17.5 Å². The largest absolute Gasteiger partial charge is 0.456 e. The number of likely N-dealkylation sites (tertiary alicyclic amines) is 1. The lowest BCUT2D eigenvalue weighted by atomic mass is 10.1. The van der Waals surface area contributed by atoms with Gasteiger partial charge in [0.15, 0.2) is 6.61 Å². The summed E-state index contributed by atoms with van der Waals surface area (Å²) in [6.07, 6.45) is 1.29. The Bertz CT molecular complexity index is 918. The Balaban J connectivity index is 1.64. The van der Waals surface area contributed by atoms with Crippen molar-refractivity contribution < 1.29 is 23.9 Å². The topological polar surface area (TPSA) is 77.8 Å². The van der Waals surface area contributed by atoms with E-state index >= 15 is 0 Å². The maximum absolute atomic E-state index is 12.7. The summed E-state index contributed by atoms with van der Waals surface area (Å²) in [5.74, 6) is -0.930. The van der Waals surface area contributed by atoms with E-state index in [2.05, 4.69) is 4.57 Å². The molecule has 30 heavy (non-hydrogen) atoms. The first-order chi connectivity index (χ1) is 14.3. The van der Waals surface area contributed by atoms with Gasteiger partial charge in [-0.25, -0.2) is 4.79 Å². The summed E-state index contributed by atoms with van der Waals surface area (Å²) < 4.78 is 12.6. The Labute approximate surface area is 180 Å². The molecule has 1 amide bonds. The van der Waals surface area contributed by atoms with Crippen molar-refractivity contribution in [2.24, 2.45) is 0 Å². The highest BCUT2D eigenvalue weighted by molar-refractivity contribution is 7.12. The third kappa shape index (κ3) is 4.49. The van der Waals surface area contributed by atoms with E-state index in [1.807, 2.05) is 38.3 Å². The monoisotopic (exact) mass is 432 g/mol. The fourth-order valence-corrected chi connectivity index (χ4v) is 4.84. The first-order valence-corrected chi connectivity index (χ1v) is 10.9. The van der Waals surface area contributed by atoms with Gasteiger partial charge in [-0.05, 0) is 51.1 Å². The fourth-order valence-electron chi connectivity index (χ4n) is 4.16. The van der Waals surface area contributed by atoms with E-state index in [1.165, 1.54) is 11.3 Å². The summed E-state index contributed by atoms with van der Waals surface area (Å²) in [7, 11) is 1.64. The second-order valence-corrected chi connectivity index (χ2v) is 8.57. The van der Waals surface area contributed by atoms with Crippen molar-refractivity contribution in [2.45, 2.75) is 45.7 Å². The van der Waals surface area contributed by atoms with Gasteiger partial charge in [0.1, 0.15) is 6.04 Å². The number of aryl methyl sites for hydroxylation is 1. The highest BCUT2D eigenvalue weighted by Gasteiger charge is 2.36. The molecular formula is C22H28N2O5S. The van der Waals surface area contributed by atoms with E-state index in [4.69, 9.17) is 9.47 Å². The van der Waals surface area contributed by atoms with Crippen LogP contribution in [0.3, 0.4) is 0 Å². The summed E-state index contributed by atoms with van der Waals surface area (Å²) in [6.45, 7) is 6.56. The predicted octanol–water partition coefficient (Wildman–Crippen LogP) is 3.40. The SMILES string of the molecule is COCC(C)n1c(C)cc(C(=O)COC(=O)[C@@H]2CCCN2C(=O)c2cccs2)c1C. The number of aromatic nitrogens is 1. The van der Waals surface area contributed by atoms with Crippen LogP contribution in [0.15, 0.2) is 23.6 Å². The second-order valence-electron chi connectivity index (χ2n) is 7.62. The van der Waals surface area contributed by atoms with Crippen molar-refractivity contribution in [1.29, 1.82) is 0 Å². The molecule has 0 aromatic carbocycles. The second kappa shape index (κ2) is 9.57. The van der Waals surface area contributed by atoms with Crippen molar-refractivity contribution in [3.63, 3.8) is 0 Å². The Kier molecular flexibility index (Phi) is 7.10. The number of rotatable bonds is 8. The Morgan fingerprint density at radius 3 is 2.73 bits per heavy atom. The van der Waals surface area contributed by atoms with Crippen molar-refractivity contribution >= 4 is 29.0 Å². The molecule has 2 aromatic rings. The van der Waals surface area contributed by atoms with Gasteiger partial charge in [0.25, 0.3) is 5.91 Å². The zero-order valence-corrected chi connectivity index (χ0v) is 18.7. The Morgan fingerprint density at radius 2 is 2.07 bits per heavy atom. The molecule has 1 unspecified atom stereocenters. The van der Waals surface area contributed by atoms with Crippen LogP contribution in [0.25, 0.3) is 0 Å². The van der Waals surface area contributed by atoms with Gasteiger partial charge in [-0.15, -0.1) is 11.3 Å². The standard InChI is InChI=1S/C22H28N2O5S/c1-14-11-17(16(3)24(14)15(2)12-28-4)19(25)13-29-22(27)18-7-5-9-23(18)21(26)20-8-6-10-30-20/h6,8,10-11,15,18H,5,7,9,12-13H2,1-4H3/t15?,18-/m0/s1. The van der Waals surface area contributed by atoms with Gasteiger partial charge < -0.3 is 18.9 Å². The summed E-state index contributed by atoms with van der Waals surface area (Å²) in [5.41, 5.74) is 2.32. The van der Waals surface area contributed by atoms with Gasteiger partial charge in [-0.1, -0.05) is 6.07 Å². The van der Waals surface area contributed by atoms with Gasteiger partial charge in [0.2, 0.25) is 5.78 Å². The average Bonchev–Trinajstić information content (AvgIpc) is 3.46. The van der Waals surface area contributed by atoms with E-state index in [9.17, 15) is 14.4 Å². The van der Waals surface area contributed by atoms with Crippen molar-refractivity contribution in [3.05, 3.63) is 45.4 Å². The minimum Gasteiger partial charge on any atom is -0.456 e. The van der Waals surface area contributed by atoms with Crippen LogP contribution in [-0.4, -0.2) is 60.0 Å². The summed E-state index contributed by atoms with van der Waals surface area (Å²) in [5, 5.41) is 1.83. The van der Waals surface area contributed by atoms with Gasteiger partial charge in [-0.3, -0.25) is 9.59 Å². The lowest BCUT2D eigenvalue weighted by molar-refractivity contribution is -0.147. The highest BCUT2D eigenvalue weighted by atomic mass is 32.1. The van der Waals surface area contributed by atoms with Gasteiger partial charge >= 0.3 is 5.97 Å². The minimum absolute atomic E-state index is 0.0920. The maximum Gasteiger partial charge on any atom is 0.329 e. The Hall–Kier alpha value is -2.45. The molecule has 0 spiro atoms. The normalized spacial score (nSPS) is 17.2. The molecule has 3 heterocycles. The van der Waals surface area contributed by atoms with Crippen molar-refractivity contribution in [2.75, 3.05) is 26.9 Å². The Morgan fingerprint density at radius 1 is 1.30 bits per heavy atom. The number of hydrogen-bond donors (Lipinski definition) is 0. The lowest BCUT2D eigenvalue weighted by Crippen LogP contribution is -2.41. The number of ether oxygens (including phenoxy) is 2. The van der Waals surface area contributed by atoms with Crippen LogP contribution in [0.5, 0.6) is 0 Å². The molecule has 0 N–H and O–H groups in total. The molecule has 0 bridgehead atoms. The summed E-state index contributed by atoms with van der Waals surface area (Å²) >= 11 is 1.35. The molecule has 2 atom stereocenters. The van der Waals surface area contributed by atoms with Crippen LogP contribution in [0.4, 0.5) is 0 Å². The van der Waals surface area contributed by atoms with Gasteiger partial charge in [0, 0.05) is 30.6 Å². The van der Waals surface area contributed by atoms with Crippen molar-refractivity contribution in [3.8, 4) is 0 Å². The maximum atomic E-state index is 12.7. The highest BCUT2D eigenvalue weighted by Crippen LogP contribution is 2.24. The molecule has 2 aromatic heterocycles. The number of methoxy groups -OCH3 is 1. The average molecular weight is 433 g/mol. The van der Waals surface area contributed by atoms with Crippen LogP contribution in [-0.2, 0) is 14.3 Å². The molecule has 1 fully saturated rings. The number of hydrogen-bond acceptors (Lipinski definition) is 6. The number of nitrogens with zero attached hydrogens (tertiary/aromatic N) is 2. The number of carbonyl (C=O) groups is 3. The molecule has 0 aliphatic carbocycles. The first kappa shape index (κ1) is 22.2. The molecule has 162 valence electrons. The van der Waals surface area contributed by atoms with E-state index in [-0.39, 0.29) is 24.3 Å². The number of amides is 1. The molecule has 1 aliphatic heterocycles. The molecule has 8 heteroatoms.